The van der Waals surface area contributed by atoms with Crippen molar-refractivity contribution in [2.45, 2.75) is 5.41 Å². The zero-order valence-electron chi connectivity index (χ0n) is 28.8. The Kier molecular flexibility index (Phi) is 8.10. The van der Waals surface area contributed by atoms with Gasteiger partial charge in [0, 0.05) is 0 Å². The minimum atomic E-state index is -2.12. The van der Waals surface area contributed by atoms with Gasteiger partial charge in [-0.1, -0.05) is 0 Å². The van der Waals surface area contributed by atoms with Crippen LogP contribution in [0.2, 0.25) is 0 Å². The molecule has 0 saturated heterocycles. The van der Waals surface area contributed by atoms with Crippen molar-refractivity contribution in [3.63, 3.8) is 0 Å². The SMILES string of the molecule is [Se]=P(c1ccccc1)(c1ccccc1)c1ccc2c(c1)C1(c3ccccc3-c3ccccc31)c1cc(P(=[Se])(c3ccccc3)c3ccccc3)ccc1-2. The Bertz CT molecular complexity index is 2500. The van der Waals surface area contributed by atoms with Crippen LogP contribution in [-0.2, 0) is 5.41 Å². The predicted molar refractivity (Wildman–Crippen MR) is 232 cm³/mol. The Labute approximate surface area is 327 Å². The summed E-state index contributed by atoms with van der Waals surface area (Å²) in [6.45, 7) is 0. The van der Waals surface area contributed by atoms with Crippen molar-refractivity contribution in [2.75, 3.05) is 0 Å². The molecule has 8 aromatic carbocycles. The molecule has 252 valence electrons. The summed E-state index contributed by atoms with van der Waals surface area (Å²) in [5.41, 5.74) is 6.03. The number of rotatable bonds is 6. The molecular weight excluding hydrogens is 808 g/mol. The average Bonchev–Trinajstić information content (AvgIpc) is 3.71. The average molecular weight is 843 g/mol. The van der Waals surface area contributed by atoms with Crippen molar-refractivity contribution in [3.05, 3.63) is 229 Å². The summed E-state index contributed by atoms with van der Waals surface area (Å²) in [4.78, 5) is 0. The van der Waals surface area contributed by atoms with Gasteiger partial charge in [-0.15, -0.1) is 0 Å². The quantitative estimate of drug-likeness (QED) is 0.116. The first-order valence-electron chi connectivity index (χ1n) is 18.0. The molecule has 0 radical (unpaired) electrons. The predicted octanol–water partition coefficient (Wildman–Crippen LogP) is 8.78. The van der Waals surface area contributed by atoms with Gasteiger partial charge in [0.25, 0.3) is 0 Å². The van der Waals surface area contributed by atoms with E-state index in [1.54, 1.807) is 0 Å². The standard InChI is InChI=1S/C49H34P2Se2/c52-50(35-17-5-1-6-18-35,36-19-7-2-8-20-36)39-29-31-43-44-32-30-40(51(53,37-21-9-3-10-22-37)38-23-11-4-12-24-38)34-48(44)49(47(43)33-39)45-27-15-13-25-41(45)42-26-14-16-28-46(42)49/h1-34H. The van der Waals surface area contributed by atoms with Crippen LogP contribution >= 0.6 is 11.0 Å². The summed E-state index contributed by atoms with van der Waals surface area (Å²) in [6, 6.07) is 77.4. The Balaban J connectivity index is 1.30. The Morgan fingerprint density at radius 1 is 0.264 bits per heavy atom. The number of fused-ring (bicyclic) bond motifs is 10. The molecule has 0 bridgehead atoms. The number of hydrogen-bond acceptors (Lipinski definition) is 0. The minimum absolute atomic E-state index is 0.472. The number of benzene rings is 8. The van der Waals surface area contributed by atoms with Gasteiger partial charge in [0.15, 0.2) is 0 Å². The summed E-state index contributed by atoms with van der Waals surface area (Å²) < 4.78 is 0. The van der Waals surface area contributed by atoms with Gasteiger partial charge in [-0.05, 0) is 0 Å². The molecule has 0 aliphatic heterocycles. The summed E-state index contributed by atoms with van der Waals surface area (Å²) in [5.74, 6) is 0. The fraction of sp³-hybridized carbons (Fsp3) is 0.0204. The van der Waals surface area contributed by atoms with Gasteiger partial charge in [0.1, 0.15) is 0 Å². The van der Waals surface area contributed by atoms with Crippen molar-refractivity contribution in [3.8, 4) is 22.3 Å². The van der Waals surface area contributed by atoms with Crippen LogP contribution in [0.1, 0.15) is 22.3 Å². The maximum absolute atomic E-state index is 3.85. The normalized spacial score (nSPS) is 13.6. The van der Waals surface area contributed by atoms with Crippen molar-refractivity contribution in [2.24, 2.45) is 0 Å². The van der Waals surface area contributed by atoms with Crippen molar-refractivity contribution in [1.82, 2.24) is 0 Å². The van der Waals surface area contributed by atoms with Crippen LogP contribution in [0.15, 0.2) is 206 Å². The molecule has 0 amide bonds. The molecule has 0 nitrogen and oxygen atoms in total. The van der Waals surface area contributed by atoms with E-state index in [1.807, 2.05) is 0 Å². The van der Waals surface area contributed by atoms with E-state index in [9.17, 15) is 0 Å². The zero-order chi connectivity index (χ0) is 35.6. The first-order valence-corrected chi connectivity index (χ1v) is 26.0. The molecule has 10 rings (SSSR count). The van der Waals surface area contributed by atoms with Crippen molar-refractivity contribution >= 4 is 73.0 Å². The van der Waals surface area contributed by atoms with Gasteiger partial charge in [0.2, 0.25) is 0 Å². The second-order valence-corrected chi connectivity index (χ2v) is 26.3. The van der Waals surface area contributed by atoms with E-state index < -0.39 is 16.4 Å². The number of hydrogen-bond donors (Lipinski definition) is 0. The first kappa shape index (κ1) is 33.2. The molecule has 0 N–H and O–H groups in total. The molecule has 53 heavy (non-hydrogen) atoms. The van der Waals surface area contributed by atoms with E-state index in [4.69, 9.17) is 0 Å². The van der Waals surface area contributed by atoms with Crippen LogP contribution < -0.4 is 31.8 Å². The third kappa shape index (κ3) is 4.81. The summed E-state index contributed by atoms with van der Waals surface area (Å²) >= 11 is 7.69. The van der Waals surface area contributed by atoms with Crippen LogP contribution in [0, 0.1) is 0 Å². The fourth-order valence-corrected chi connectivity index (χ4v) is 18.8. The molecule has 0 unspecified atom stereocenters. The molecule has 0 atom stereocenters. The van der Waals surface area contributed by atoms with Gasteiger partial charge in [-0.25, -0.2) is 0 Å². The van der Waals surface area contributed by atoms with Crippen molar-refractivity contribution < 1.29 is 0 Å². The molecule has 8 aromatic rings. The maximum atomic E-state index is 3.85. The molecule has 0 aromatic heterocycles. The van der Waals surface area contributed by atoms with Gasteiger partial charge >= 0.3 is 329 Å². The molecule has 0 saturated carbocycles. The molecule has 4 heteroatoms. The van der Waals surface area contributed by atoms with Crippen LogP contribution in [-0.4, -0.2) is 30.2 Å². The molecule has 0 heterocycles. The molecule has 2 aliphatic carbocycles. The van der Waals surface area contributed by atoms with Gasteiger partial charge < -0.3 is 0 Å². The second kappa shape index (κ2) is 12.9. The zero-order valence-corrected chi connectivity index (χ0v) is 34.1. The molecule has 1 spiro atoms. The van der Waals surface area contributed by atoms with E-state index in [-0.39, 0.29) is 0 Å². The topological polar surface area (TPSA) is 0 Å². The van der Waals surface area contributed by atoms with Crippen molar-refractivity contribution in [1.29, 1.82) is 0 Å². The monoisotopic (exact) mass is 844 g/mol. The second-order valence-electron chi connectivity index (χ2n) is 13.9. The van der Waals surface area contributed by atoms with Crippen LogP contribution in [0.25, 0.3) is 22.3 Å². The van der Waals surface area contributed by atoms with E-state index in [1.165, 1.54) is 76.3 Å². The van der Waals surface area contributed by atoms with Gasteiger partial charge in [-0.3, -0.25) is 0 Å². The Morgan fingerprint density at radius 3 is 0.887 bits per heavy atom. The Hall–Kier alpha value is -4.34. The van der Waals surface area contributed by atoms with Crippen LogP contribution in [0.5, 0.6) is 0 Å². The van der Waals surface area contributed by atoms with Gasteiger partial charge in [0.05, 0.1) is 0 Å². The molecular formula is C49H34P2Se2. The fourth-order valence-electron chi connectivity index (χ4n) is 8.95. The van der Waals surface area contributed by atoms with Crippen LogP contribution in [0.3, 0.4) is 0 Å². The Morgan fingerprint density at radius 2 is 0.547 bits per heavy atom. The van der Waals surface area contributed by atoms with E-state index in [2.05, 4.69) is 236 Å². The molecule has 0 fully saturated rings. The van der Waals surface area contributed by atoms with E-state index in [0.717, 1.165) is 0 Å². The third-order valence-electron chi connectivity index (χ3n) is 11.3. The van der Waals surface area contributed by atoms with Crippen LogP contribution in [0.4, 0.5) is 0 Å². The third-order valence-corrected chi connectivity index (χ3v) is 25.3. The summed E-state index contributed by atoms with van der Waals surface area (Å²) in [7, 11) is 0. The van der Waals surface area contributed by atoms with Gasteiger partial charge in [-0.2, -0.15) is 0 Å². The molecule has 2 aliphatic rings. The van der Waals surface area contributed by atoms with E-state index >= 15 is 0 Å². The van der Waals surface area contributed by atoms with E-state index in [0.29, 0.717) is 0 Å². The summed E-state index contributed by atoms with van der Waals surface area (Å²) in [5, 5.41) is 8.06. The first-order chi connectivity index (χ1) is 26.1. The summed E-state index contributed by atoms with van der Waals surface area (Å²) in [6.07, 6.45) is 0.